The van der Waals surface area contributed by atoms with Crippen LogP contribution in [0.4, 0.5) is 0 Å². The number of piperidine rings is 1. The van der Waals surface area contributed by atoms with Crippen molar-refractivity contribution in [2.75, 3.05) is 19.6 Å². The first-order valence-corrected chi connectivity index (χ1v) is 9.10. The first kappa shape index (κ1) is 15.4. The largest absolute Gasteiger partial charge is 0.350 e. The van der Waals surface area contributed by atoms with Crippen molar-refractivity contribution in [3.05, 3.63) is 11.9 Å². The van der Waals surface area contributed by atoms with Gasteiger partial charge in [-0.1, -0.05) is 5.21 Å². The van der Waals surface area contributed by atoms with Gasteiger partial charge in [0.1, 0.15) is 0 Å². The summed E-state index contributed by atoms with van der Waals surface area (Å²) in [6.45, 7) is 1.67. The van der Waals surface area contributed by atoms with Crippen molar-refractivity contribution in [2.45, 2.75) is 30.9 Å². The smallest absolute Gasteiger partial charge is 0.273 e. The number of sulfonamides is 1. The molecule has 1 aliphatic heterocycles. The Labute approximate surface area is 129 Å². The lowest BCUT2D eigenvalue weighted by molar-refractivity contribution is 0.0936. The van der Waals surface area contributed by atoms with E-state index in [1.807, 2.05) is 0 Å². The zero-order valence-corrected chi connectivity index (χ0v) is 13.4. The normalized spacial score (nSPS) is 21.0. The Morgan fingerprint density at radius 3 is 2.55 bits per heavy atom. The highest BCUT2D eigenvalue weighted by Gasteiger charge is 2.41. The van der Waals surface area contributed by atoms with Gasteiger partial charge in [-0.25, -0.2) is 12.7 Å². The standard InChI is InChI=1S/C13H21N5O3S/c1-17-9-12(15-16-17)13(19)14-8-10-4-6-18(7-5-10)22(20,21)11-2-3-11/h9-11H,2-8H2,1H3,(H,14,19). The number of carbonyl (C=O) groups is 1. The zero-order valence-electron chi connectivity index (χ0n) is 12.6. The van der Waals surface area contributed by atoms with E-state index in [-0.39, 0.29) is 11.2 Å². The number of aromatic nitrogens is 3. The summed E-state index contributed by atoms with van der Waals surface area (Å²) in [5.74, 6) is 0.0763. The van der Waals surface area contributed by atoms with Crippen molar-refractivity contribution < 1.29 is 13.2 Å². The van der Waals surface area contributed by atoms with Crippen LogP contribution in [0, 0.1) is 5.92 Å². The Hall–Kier alpha value is -1.48. The van der Waals surface area contributed by atoms with Crippen molar-refractivity contribution >= 4 is 15.9 Å². The molecule has 3 rings (SSSR count). The minimum absolute atomic E-state index is 0.139. The number of rotatable bonds is 5. The Morgan fingerprint density at radius 2 is 2.00 bits per heavy atom. The van der Waals surface area contributed by atoms with Gasteiger partial charge in [-0.05, 0) is 31.6 Å². The topological polar surface area (TPSA) is 97.2 Å². The summed E-state index contributed by atoms with van der Waals surface area (Å²) >= 11 is 0. The fraction of sp³-hybridized carbons (Fsp3) is 0.769. The summed E-state index contributed by atoms with van der Waals surface area (Å²) in [6, 6.07) is 0. The second-order valence-electron chi connectivity index (χ2n) is 6.07. The van der Waals surface area contributed by atoms with Crippen molar-refractivity contribution in [1.29, 1.82) is 0 Å². The van der Waals surface area contributed by atoms with Gasteiger partial charge in [0.15, 0.2) is 5.69 Å². The van der Waals surface area contributed by atoms with E-state index in [9.17, 15) is 13.2 Å². The maximum atomic E-state index is 12.1. The van der Waals surface area contributed by atoms with Crippen LogP contribution in [-0.4, -0.2) is 58.5 Å². The predicted molar refractivity (Wildman–Crippen MR) is 79.6 cm³/mol. The lowest BCUT2D eigenvalue weighted by Gasteiger charge is -2.31. The van der Waals surface area contributed by atoms with Crippen LogP contribution in [0.2, 0.25) is 0 Å². The first-order chi connectivity index (χ1) is 10.5. The summed E-state index contributed by atoms with van der Waals surface area (Å²) in [6.07, 6.45) is 4.74. The number of hydrogen-bond acceptors (Lipinski definition) is 5. The number of nitrogens with zero attached hydrogens (tertiary/aromatic N) is 4. The Balaban J connectivity index is 1.45. The number of nitrogens with one attached hydrogen (secondary N) is 1. The van der Waals surface area contributed by atoms with Crippen LogP contribution in [0.1, 0.15) is 36.2 Å². The highest BCUT2D eigenvalue weighted by Crippen LogP contribution is 2.32. The number of aryl methyl sites for hydroxylation is 1. The van der Waals surface area contributed by atoms with Crippen LogP contribution in [0.15, 0.2) is 6.20 Å². The molecule has 0 bridgehead atoms. The fourth-order valence-electron chi connectivity index (χ4n) is 2.72. The molecule has 1 saturated heterocycles. The monoisotopic (exact) mass is 327 g/mol. The van der Waals surface area contributed by atoms with Gasteiger partial charge >= 0.3 is 0 Å². The van der Waals surface area contributed by atoms with E-state index in [0.717, 1.165) is 25.7 Å². The third kappa shape index (κ3) is 3.30. The minimum Gasteiger partial charge on any atom is -0.350 e. The molecule has 0 spiro atoms. The third-order valence-electron chi connectivity index (χ3n) is 4.27. The lowest BCUT2D eigenvalue weighted by Crippen LogP contribution is -2.42. The molecule has 1 aliphatic carbocycles. The molecular formula is C13H21N5O3S. The molecule has 2 fully saturated rings. The van der Waals surface area contributed by atoms with Gasteiger partial charge in [-0.3, -0.25) is 9.48 Å². The highest BCUT2D eigenvalue weighted by atomic mass is 32.2. The van der Waals surface area contributed by atoms with E-state index in [4.69, 9.17) is 0 Å². The van der Waals surface area contributed by atoms with Crippen LogP contribution in [0.3, 0.4) is 0 Å². The second kappa shape index (κ2) is 5.96. The predicted octanol–water partition coefficient (Wildman–Crippen LogP) is -0.251. The molecular weight excluding hydrogens is 306 g/mol. The summed E-state index contributed by atoms with van der Waals surface area (Å²) in [5, 5.41) is 10.2. The van der Waals surface area contributed by atoms with E-state index in [1.165, 1.54) is 4.68 Å². The van der Waals surface area contributed by atoms with E-state index in [2.05, 4.69) is 15.6 Å². The summed E-state index contributed by atoms with van der Waals surface area (Å²) in [5.41, 5.74) is 0.302. The fourth-order valence-corrected chi connectivity index (χ4v) is 4.60. The molecule has 1 amide bonds. The highest BCUT2D eigenvalue weighted by molar-refractivity contribution is 7.90. The van der Waals surface area contributed by atoms with Crippen LogP contribution >= 0.6 is 0 Å². The molecule has 22 heavy (non-hydrogen) atoms. The van der Waals surface area contributed by atoms with Gasteiger partial charge in [0.2, 0.25) is 10.0 Å². The molecule has 1 saturated carbocycles. The molecule has 1 aromatic rings. The number of carbonyl (C=O) groups excluding carboxylic acids is 1. The molecule has 0 radical (unpaired) electrons. The van der Waals surface area contributed by atoms with Gasteiger partial charge in [0, 0.05) is 26.7 Å². The molecule has 122 valence electrons. The Kier molecular flexibility index (Phi) is 4.18. The third-order valence-corrected chi connectivity index (χ3v) is 6.66. The van der Waals surface area contributed by atoms with Gasteiger partial charge in [0.25, 0.3) is 5.91 Å². The van der Waals surface area contributed by atoms with Gasteiger partial charge in [0.05, 0.1) is 11.4 Å². The van der Waals surface area contributed by atoms with Gasteiger partial charge in [-0.2, -0.15) is 0 Å². The minimum atomic E-state index is -3.06. The zero-order chi connectivity index (χ0) is 15.7. The van der Waals surface area contributed by atoms with Crippen molar-refractivity contribution in [3.63, 3.8) is 0 Å². The van der Waals surface area contributed by atoms with Crippen LogP contribution in [0.25, 0.3) is 0 Å². The second-order valence-corrected chi connectivity index (χ2v) is 8.29. The molecule has 8 nitrogen and oxygen atoms in total. The molecule has 9 heteroatoms. The average Bonchev–Trinajstić information content (AvgIpc) is 3.28. The van der Waals surface area contributed by atoms with Crippen molar-refractivity contribution in [2.24, 2.45) is 13.0 Å². The summed E-state index contributed by atoms with van der Waals surface area (Å²) in [7, 11) is -1.35. The molecule has 0 unspecified atom stereocenters. The van der Waals surface area contributed by atoms with E-state index in [1.54, 1.807) is 17.5 Å². The van der Waals surface area contributed by atoms with Gasteiger partial charge < -0.3 is 5.32 Å². The van der Waals surface area contributed by atoms with Crippen LogP contribution in [-0.2, 0) is 17.1 Å². The van der Waals surface area contributed by atoms with Crippen LogP contribution < -0.4 is 5.32 Å². The SMILES string of the molecule is Cn1cc(C(=O)NCC2CCN(S(=O)(=O)C3CC3)CC2)nn1. The van der Waals surface area contributed by atoms with E-state index >= 15 is 0 Å². The quantitative estimate of drug-likeness (QED) is 0.804. The molecule has 1 aromatic heterocycles. The summed E-state index contributed by atoms with van der Waals surface area (Å²) in [4.78, 5) is 11.9. The first-order valence-electron chi connectivity index (χ1n) is 7.60. The average molecular weight is 327 g/mol. The maximum absolute atomic E-state index is 12.1. The van der Waals surface area contributed by atoms with Gasteiger partial charge in [-0.15, -0.1) is 5.10 Å². The summed E-state index contributed by atoms with van der Waals surface area (Å²) < 4.78 is 27.4. The molecule has 2 aliphatic rings. The molecule has 0 aromatic carbocycles. The molecule has 2 heterocycles. The molecule has 1 N–H and O–H groups in total. The number of amides is 1. The van der Waals surface area contributed by atoms with E-state index in [0.29, 0.717) is 31.2 Å². The number of hydrogen-bond donors (Lipinski definition) is 1. The van der Waals surface area contributed by atoms with E-state index < -0.39 is 10.0 Å². The van der Waals surface area contributed by atoms with Crippen LogP contribution in [0.5, 0.6) is 0 Å². The maximum Gasteiger partial charge on any atom is 0.273 e. The Bertz CT molecular complexity index is 644. The lowest BCUT2D eigenvalue weighted by atomic mass is 9.98. The Morgan fingerprint density at radius 1 is 1.32 bits per heavy atom. The molecule has 0 atom stereocenters. The van der Waals surface area contributed by atoms with Crippen molar-refractivity contribution in [1.82, 2.24) is 24.6 Å². The van der Waals surface area contributed by atoms with Crippen molar-refractivity contribution in [3.8, 4) is 0 Å².